The molecule has 44 heavy (non-hydrogen) atoms. The van der Waals surface area contributed by atoms with E-state index in [0.29, 0.717) is 17.9 Å². The van der Waals surface area contributed by atoms with Gasteiger partial charge in [-0.25, -0.2) is 0 Å². The molecule has 0 unspecified atom stereocenters. The summed E-state index contributed by atoms with van der Waals surface area (Å²) in [4.78, 5) is 32.8. The van der Waals surface area contributed by atoms with E-state index < -0.39 is 0 Å². The first-order valence-corrected chi connectivity index (χ1v) is 15.9. The van der Waals surface area contributed by atoms with Crippen molar-refractivity contribution in [2.24, 2.45) is 7.05 Å². The predicted octanol–water partition coefficient (Wildman–Crippen LogP) is 5.12. The summed E-state index contributed by atoms with van der Waals surface area (Å²) in [5.74, 6) is 1.18. The molecule has 0 saturated carbocycles. The molecule has 1 amide bonds. The number of anilines is 4. The number of nitriles is 1. The SMILES string of the molecule is Cc1c(NC(=O)c2cc3c(s2)CCCC3)cccc1-c1cc(Nc2ccc(N3CCN(CCC#N)CC3)nn2)c(=O)n(C)c1. The number of pyridine rings is 1. The Bertz CT molecular complexity index is 1740. The zero-order chi connectivity index (χ0) is 30.6. The molecule has 0 atom stereocenters. The second-order valence-corrected chi connectivity index (χ2v) is 12.5. The van der Waals surface area contributed by atoms with E-state index in [1.165, 1.54) is 23.3 Å². The van der Waals surface area contributed by atoms with Crippen molar-refractivity contribution in [1.29, 1.82) is 5.26 Å². The van der Waals surface area contributed by atoms with Gasteiger partial charge in [-0.15, -0.1) is 21.5 Å². The molecule has 226 valence electrons. The van der Waals surface area contributed by atoms with E-state index in [1.54, 1.807) is 29.1 Å². The number of amides is 1. The molecule has 6 rings (SSSR count). The van der Waals surface area contributed by atoms with E-state index in [-0.39, 0.29) is 11.5 Å². The van der Waals surface area contributed by atoms with Gasteiger partial charge in [0.05, 0.1) is 10.9 Å². The van der Waals surface area contributed by atoms with Crippen LogP contribution in [0.5, 0.6) is 0 Å². The van der Waals surface area contributed by atoms with Crippen LogP contribution in [0.2, 0.25) is 0 Å². The summed E-state index contributed by atoms with van der Waals surface area (Å²) in [6, 6.07) is 15.6. The van der Waals surface area contributed by atoms with Crippen LogP contribution in [0.25, 0.3) is 11.1 Å². The quantitative estimate of drug-likeness (QED) is 0.283. The van der Waals surface area contributed by atoms with Gasteiger partial charge in [0.15, 0.2) is 11.6 Å². The van der Waals surface area contributed by atoms with Gasteiger partial charge in [-0.05, 0) is 79.6 Å². The van der Waals surface area contributed by atoms with Crippen LogP contribution in [0.15, 0.2) is 53.5 Å². The number of carbonyl (C=O) groups excluding carboxylic acids is 1. The summed E-state index contributed by atoms with van der Waals surface area (Å²) in [5, 5.41) is 23.9. The molecule has 2 N–H and O–H groups in total. The third-order valence-electron chi connectivity index (χ3n) is 8.45. The van der Waals surface area contributed by atoms with Crippen LogP contribution in [0.1, 0.15) is 44.9 Å². The Morgan fingerprint density at radius 1 is 1.05 bits per heavy atom. The molecule has 4 heterocycles. The number of benzene rings is 1. The van der Waals surface area contributed by atoms with Gasteiger partial charge in [0, 0.05) is 68.5 Å². The van der Waals surface area contributed by atoms with E-state index in [2.05, 4.69) is 36.7 Å². The van der Waals surface area contributed by atoms with Crippen molar-refractivity contribution >= 4 is 40.3 Å². The lowest BCUT2D eigenvalue weighted by Gasteiger charge is -2.34. The standard InChI is InChI=1S/C33H36N8O2S/c1-22-25(8-5-9-26(22)36-32(42)29-20-23-7-3-4-10-28(23)44-29)24-19-27(33(43)39(2)21-24)35-30-11-12-31(38-37-30)41-17-15-40(16-18-41)14-6-13-34/h5,8-9,11-12,19-21H,3-4,6-7,10,14-18H2,1-2H3,(H,35,37)(H,36,42). The molecule has 11 heteroatoms. The summed E-state index contributed by atoms with van der Waals surface area (Å²) in [7, 11) is 1.72. The fourth-order valence-corrected chi connectivity index (χ4v) is 7.07. The molecule has 10 nitrogen and oxygen atoms in total. The van der Waals surface area contributed by atoms with Gasteiger partial charge in [0.25, 0.3) is 11.5 Å². The smallest absolute Gasteiger partial charge is 0.274 e. The van der Waals surface area contributed by atoms with Crippen LogP contribution < -0.4 is 21.1 Å². The van der Waals surface area contributed by atoms with Gasteiger partial charge >= 0.3 is 0 Å². The molecule has 4 aromatic rings. The highest BCUT2D eigenvalue weighted by atomic mass is 32.1. The fraction of sp³-hybridized carbons (Fsp3) is 0.364. The summed E-state index contributed by atoms with van der Waals surface area (Å²) in [6.45, 7) is 6.18. The first-order chi connectivity index (χ1) is 21.4. The number of aromatic nitrogens is 3. The van der Waals surface area contributed by atoms with Crippen LogP contribution in [0, 0.1) is 18.3 Å². The zero-order valence-corrected chi connectivity index (χ0v) is 25.9. The van der Waals surface area contributed by atoms with Crippen LogP contribution in [-0.2, 0) is 19.9 Å². The molecule has 2 aliphatic rings. The van der Waals surface area contributed by atoms with Crippen LogP contribution in [0.3, 0.4) is 0 Å². The number of nitrogens with zero attached hydrogens (tertiary/aromatic N) is 6. The maximum Gasteiger partial charge on any atom is 0.274 e. The molecular weight excluding hydrogens is 572 g/mol. The van der Waals surface area contributed by atoms with Crippen molar-refractivity contribution in [1.82, 2.24) is 19.7 Å². The first-order valence-electron chi connectivity index (χ1n) is 15.1. The third-order valence-corrected chi connectivity index (χ3v) is 9.68. The number of hydrogen-bond donors (Lipinski definition) is 2. The lowest BCUT2D eigenvalue weighted by molar-refractivity contribution is 0.103. The second kappa shape index (κ2) is 13.0. The molecule has 0 spiro atoms. The molecule has 1 aliphatic carbocycles. The Morgan fingerprint density at radius 2 is 1.86 bits per heavy atom. The molecule has 1 aliphatic heterocycles. The summed E-state index contributed by atoms with van der Waals surface area (Å²) in [5.41, 5.74) is 4.94. The van der Waals surface area contributed by atoms with Gasteiger partial charge in [-0.1, -0.05) is 12.1 Å². The van der Waals surface area contributed by atoms with Gasteiger partial charge in [-0.2, -0.15) is 5.26 Å². The van der Waals surface area contributed by atoms with Crippen molar-refractivity contribution in [2.75, 3.05) is 48.3 Å². The molecule has 1 aromatic carbocycles. The largest absolute Gasteiger partial charge is 0.353 e. The topological polar surface area (TPSA) is 119 Å². The highest BCUT2D eigenvalue weighted by molar-refractivity contribution is 7.14. The number of fused-ring (bicyclic) bond motifs is 1. The molecular formula is C33H36N8O2S. The Balaban J connectivity index is 1.17. The number of aryl methyl sites for hydroxylation is 3. The van der Waals surface area contributed by atoms with E-state index in [9.17, 15) is 9.59 Å². The minimum absolute atomic E-state index is 0.0876. The number of hydrogen-bond acceptors (Lipinski definition) is 9. The predicted molar refractivity (Wildman–Crippen MR) is 175 cm³/mol. The highest BCUT2D eigenvalue weighted by Gasteiger charge is 2.20. The Kier molecular flexibility index (Phi) is 8.72. The molecule has 0 bridgehead atoms. The zero-order valence-electron chi connectivity index (χ0n) is 25.1. The minimum Gasteiger partial charge on any atom is -0.353 e. The molecule has 0 radical (unpaired) electrons. The summed E-state index contributed by atoms with van der Waals surface area (Å²) >= 11 is 1.60. The van der Waals surface area contributed by atoms with E-state index in [0.717, 1.165) is 78.6 Å². The van der Waals surface area contributed by atoms with Gasteiger partial charge in [-0.3, -0.25) is 14.5 Å². The number of nitrogens with one attached hydrogen (secondary N) is 2. The van der Waals surface area contributed by atoms with Gasteiger partial charge in [0.1, 0.15) is 5.69 Å². The number of carbonyl (C=O) groups is 1. The fourth-order valence-electron chi connectivity index (χ4n) is 5.93. The van der Waals surface area contributed by atoms with Crippen molar-refractivity contribution in [3.63, 3.8) is 0 Å². The molecule has 1 saturated heterocycles. The van der Waals surface area contributed by atoms with Gasteiger partial charge in [0.2, 0.25) is 0 Å². The van der Waals surface area contributed by atoms with Gasteiger partial charge < -0.3 is 20.1 Å². The lowest BCUT2D eigenvalue weighted by atomic mass is 9.99. The molecule has 1 fully saturated rings. The maximum atomic E-state index is 13.2. The number of piperazine rings is 1. The van der Waals surface area contributed by atoms with Crippen LogP contribution >= 0.6 is 11.3 Å². The van der Waals surface area contributed by atoms with Crippen molar-refractivity contribution in [2.45, 2.75) is 39.0 Å². The maximum absolute atomic E-state index is 13.2. The lowest BCUT2D eigenvalue weighted by Crippen LogP contribution is -2.46. The summed E-state index contributed by atoms with van der Waals surface area (Å²) < 4.78 is 1.55. The Hall–Kier alpha value is -4.53. The van der Waals surface area contributed by atoms with E-state index in [4.69, 9.17) is 5.26 Å². The first kappa shape index (κ1) is 29.5. The monoisotopic (exact) mass is 608 g/mol. The minimum atomic E-state index is -0.183. The normalized spacial score (nSPS) is 15.0. The Morgan fingerprint density at radius 3 is 2.61 bits per heavy atom. The van der Waals surface area contributed by atoms with Crippen molar-refractivity contribution in [3.8, 4) is 17.2 Å². The van der Waals surface area contributed by atoms with E-state index in [1.807, 2.05) is 49.4 Å². The average Bonchev–Trinajstić information content (AvgIpc) is 3.49. The number of thiophene rings is 1. The van der Waals surface area contributed by atoms with Crippen molar-refractivity contribution < 1.29 is 4.79 Å². The second-order valence-electron chi connectivity index (χ2n) is 11.4. The molecule has 3 aromatic heterocycles. The van der Waals surface area contributed by atoms with Crippen molar-refractivity contribution in [3.05, 3.63) is 79.9 Å². The third kappa shape index (κ3) is 6.37. The number of rotatable bonds is 8. The van der Waals surface area contributed by atoms with Crippen LogP contribution in [-0.4, -0.2) is 58.3 Å². The average molecular weight is 609 g/mol. The van der Waals surface area contributed by atoms with E-state index >= 15 is 0 Å². The van der Waals surface area contributed by atoms with Crippen LogP contribution in [0.4, 0.5) is 23.0 Å². The summed E-state index contributed by atoms with van der Waals surface area (Å²) in [6.07, 6.45) is 6.83. The highest BCUT2D eigenvalue weighted by Crippen LogP contribution is 2.32. The Labute approximate surface area is 261 Å².